The van der Waals surface area contributed by atoms with Crippen molar-refractivity contribution in [2.75, 3.05) is 5.32 Å². The summed E-state index contributed by atoms with van der Waals surface area (Å²) in [6.07, 6.45) is 3.70. The number of likely N-dealkylation sites (tertiary alicyclic amines) is 1. The van der Waals surface area contributed by atoms with Gasteiger partial charge in [0.1, 0.15) is 5.01 Å². The van der Waals surface area contributed by atoms with Crippen molar-refractivity contribution >= 4 is 28.3 Å². The van der Waals surface area contributed by atoms with Crippen LogP contribution in [0.1, 0.15) is 51.0 Å². The van der Waals surface area contributed by atoms with Gasteiger partial charge in [0.05, 0.1) is 0 Å². The van der Waals surface area contributed by atoms with E-state index in [9.17, 15) is 9.59 Å². The highest BCUT2D eigenvalue weighted by Gasteiger charge is 2.28. The molecule has 2 amide bonds. The normalized spacial score (nSPS) is 22.1. The third kappa shape index (κ3) is 4.23. The molecule has 0 radical (unpaired) electrons. The van der Waals surface area contributed by atoms with Gasteiger partial charge in [-0.3, -0.25) is 9.59 Å². The number of rotatable bonds is 4. The van der Waals surface area contributed by atoms with E-state index < -0.39 is 0 Å². The van der Waals surface area contributed by atoms with E-state index in [0.717, 1.165) is 17.8 Å². The topological polar surface area (TPSA) is 75.2 Å². The molecule has 6 nitrogen and oxygen atoms in total. The monoisotopic (exact) mass is 310 g/mol. The maximum atomic E-state index is 12.3. The Bertz CT molecular complexity index is 507. The molecule has 116 valence electrons. The van der Waals surface area contributed by atoms with E-state index in [1.807, 2.05) is 11.8 Å². The molecule has 1 aliphatic heterocycles. The molecule has 1 fully saturated rings. The first-order valence-electron chi connectivity index (χ1n) is 7.38. The predicted octanol–water partition coefficient (Wildman–Crippen LogP) is 2.35. The fraction of sp³-hybridized carbons (Fsp3) is 0.714. The highest BCUT2D eigenvalue weighted by molar-refractivity contribution is 7.15. The summed E-state index contributed by atoms with van der Waals surface area (Å²) in [5.74, 6) is -0.116. The second-order valence-corrected chi connectivity index (χ2v) is 6.79. The Morgan fingerprint density at radius 3 is 2.48 bits per heavy atom. The van der Waals surface area contributed by atoms with Crippen LogP contribution in [0.2, 0.25) is 0 Å². The molecule has 21 heavy (non-hydrogen) atoms. The summed E-state index contributed by atoms with van der Waals surface area (Å²) in [6.45, 7) is 5.99. The lowest BCUT2D eigenvalue weighted by atomic mass is 9.97. The number of carbonyl (C=O) groups excluding carboxylic acids is 2. The number of hydrogen-bond donors (Lipinski definition) is 1. The molecule has 2 heterocycles. The van der Waals surface area contributed by atoms with Crippen molar-refractivity contribution in [3.8, 4) is 0 Å². The van der Waals surface area contributed by atoms with Gasteiger partial charge in [0.2, 0.25) is 16.9 Å². The molecular formula is C14H22N4O2S. The van der Waals surface area contributed by atoms with Crippen LogP contribution in [0.3, 0.4) is 0 Å². The first-order valence-corrected chi connectivity index (χ1v) is 8.20. The van der Waals surface area contributed by atoms with Gasteiger partial charge in [0, 0.05) is 24.9 Å². The van der Waals surface area contributed by atoms with Gasteiger partial charge in [0.25, 0.3) is 0 Å². The minimum atomic E-state index is -0.184. The molecule has 0 saturated carbocycles. The zero-order valence-corrected chi connectivity index (χ0v) is 13.6. The van der Waals surface area contributed by atoms with Gasteiger partial charge in [-0.15, -0.1) is 10.2 Å². The smallest absolute Gasteiger partial charge is 0.226 e. The molecule has 0 unspecified atom stereocenters. The number of anilines is 1. The average Bonchev–Trinajstić information content (AvgIpc) is 2.81. The van der Waals surface area contributed by atoms with E-state index in [4.69, 9.17) is 0 Å². The van der Waals surface area contributed by atoms with Crippen LogP contribution in [0.5, 0.6) is 0 Å². The number of aryl methyl sites for hydroxylation is 1. The van der Waals surface area contributed by atoms with Crippen LogP contribution in [0.25, 0.3) is 0 Å². The number of aromatic nitrogens is 2. The van der Waals surface area contributed by atoms with E-state index in [1.54, 1.807) is 0 Å². The van der Waals surface area contributed by atoms with Gasteiger partial charge in [-0.25, -0.2) is 0 Å². The van der Waals surface area contributed by atoms with Gasteiger partial charge in [-0.05, 0) is 40.0 Å². The average molecular weight is 310 g/mol. The molecule has 0 bridgehead atoms. The Balaban J connectivity index is 1.81. The summed E-state index contributed by atoms with van der Waals surface area (Å²) in [5, 5.41) is 11.6. The highest BCUT2D eigenvalue weighted by Crippen LogP contribution is 2.23. The van der Waals surface area contributed by atoms with Crippen LogP contribution in [-0.4, -0.2) is 39.0 Å². The van der Waals surface area contributed by atoms with Gasteiger partial charge in [-0.2, -0.15) is 0 Å². The Morgan fingerprint density at radius 1 is 1.24 bits per heavy atom. The quantitative estimate of drug-likeness (QED) is 0.926. The number of nitrogens with one attached hydrogen (secondary N) is 1. The minimum absolute atomic E-state index is 0.0679. The third-order valence-corrected chi connectivity index (χ3v) is 4.57. The van der Waals surface area contributed by atoms with Crippen molar-refractivity contribution in [3.63, 3.8) is 0 Å². The maximum Gasteiger partial charge on any atom is 0.226 e. The number of piperidine rings is 1. The molecule has 0 aromatic carbocycles. The van der Waals surface area contributed by atoms with Crippen LogP contribution in [0.4, 0.5) is 5.13 Å². The number of carbonyl (C=O) groups is 2. The molecule has 2 rings (SSSR count). The molecule has 7 heteroatoms. The van der Waals surface area contributed by atoms with Crippen molar-refractivity contribution in [2.24, 2.45) is 0 Å². The Hall–Kier alpha value is -1.50. The summed E-state index contributed by atoms with van der Waals surface area (Å²) in [5.41, 5.74) is 0. The van der Waals surface area contributed by atoms with Crippen LogP contribution in [0, 0.1) is 6.92 Å². The lowest BCUT2D eigenvalue weighted by Crippen LogP contribution is -2.47. The first kappa shape index (κ1) is 15.9. The Morgan fingerprint density at radius 2 is 1.90 bits per heavy atom. The second kappa shape index (κ2) is 6.98. The SMILES string of the molecule is Cc1nnc(NC(=O)CCC(=O)N2[C@H](C)CCC[C@@H]2C)s1. The lowest BCUT2D eigenvalue weighted by Gasteiger charge is -2.39. The van der Waals surface area contributed by atoms with Gasteiger partial charge < -0.3 is 10.2 Å². The number of nitrogens with zero attached hydrogens (tertiary/aromatic N) is 3. The van der Waals surface area contributed by atoms with Crippen molar-refractivity contribution in [1.29, 1.82) is 0 Å². The molecule has 1 aromatic rings. The van der Waals surface area contributed by atoms with Crippen molar-refractivity contribution in [1.82, 2.24) is 15.1 Å². The summed E-state index contributed by atoms with van der Waals surface area (Å²) in [7, 11) is 0. The van der Waals surface area contributed by atoms with Crippen LogP contribution >= 0.6 is 11.3 Å². The zero-order chi connectivity index (χ0) is 15.4. The lowest BCUT2D eigenvalue weighted by molar-refractivity contribution is -0.138. The van der Waals surface area contributed by atoms with Crippen LogP contribution < -0.4 is 5.32 Å². The fourth-order valence-corrected chi connectivity index (χ4v) is 3.40. The molecule has 0 aliphatic carbocycles. The molecule has 2 atom stereocenters. The van der Waals surface area contributed by atoms with Crippen LogP contribution in [-0.2, 0) is 9.59 Å². The number of amides is 2. The molecule has 0 spiro atoms. The van der Waals surface area contributed by atoms with Gasteiger partial charge >= 0.3 is 0 Å². The standard InChI is InChI=1S/C14H22N4O2S/c1-9-5-4-6-10(2)18(9)13(20)8-7-12(19)15-14-17-16-11(3)21-14/h9-10H,4-8H2,1-3H3,(H,15,17,19)/t9-,10+. The molecule has 1 aliphatic rings. The predicted molar refractivity (Wildman–Crippen MR) is 82.1 cm³/mol. The van der Waals surface area contributed by atoms with Crippen molar-refractivity contribution < 1.29 is 9.59 Å². The van der Waals surface area contributed by atoms with Gasteiger partial charge in [-0.1, -0.05) is 11.3 Å². The largest absolute Gasteiger partial charge is 0.337 e. The summed E-state index contributed by atoms with van der Waals surface area (Å²) >= 11 is 1.33. The van der Waals surface area contributed by atoms with E-state index in [2.05, 4.69) is 29.4 Å². The highest BCUT2D eigenvalue weighted by atomic mass is 32.1. The summed E-state index contributed by atoms with van der Waals surface area (Å²) < 4.78 is 0. The molecular weight excluding hydrogens is 288 g/mol. The summed E-state index contributed by atoms with van der Waals surface area (Å²) in [4.78, 5) is 26.1. The van der Waals surface area contributed by atoms with Gasteiger partial charge in [0.15, 0.2) is 0 Å². The minimum Gasteiger partial charge on any atom is -0.337 e. The number of hydrogen-bond acceptors (Lipinski definition) is 5. The molecule has 1 N–H and O–H groups in total. The second-order valence-electron chi connectivity index (χ2n) is 5.60. The van der Waals surface area contributed by atoms with Crippen LogP contribution in [0.15, 0.2) is 0 Å². The molecule has 1 saturated heterocycles. The first-order chi connectivity index (χ1) is 9.97. The molecule has 1 aromatic heterocycles. The Kier molecular flexibility index (Phi) is 5.27. The zero-order valence-electron chi connectivity index (χ0n) is 12.8. The van der Waals surface area contributed by atoms with E-state index >= 15 is 0 Å². The third-order valence-electron chi connectivity index (χ3n) is 3.82. The summed E-state index contributed by atoms with van der Waals surface area (Å²) in [6, 6.07) is 0.547. The Labute approximate surface area is 128 Å². The fourth-order valence-electron chi connectivity index (χ4n) is 2.79. The van der Waals surface area contributed by atoms with Crippen molar-refractivity contribution in [2.45, 2.75) is 65.0 Å². The van der Waals surface area contributed by atoms with E-state index in [1.165, 1.54) is 17.8 Å². The van der Waals surface area contributed by atoms with E-state index in [0.29, 0.717) is 5.13 Å². The van der Waals surface area contributed by atoms with E-state index in [-0.39, 0.29) is 36.7 Å². The van der Waals surface area contributed by atoms with Crippen molar-refractivity contribution in [3.05, 3.63) is 5.01 Å². The maximum absolute atomic E-state index is 12.3.